The number of hydrogen-bond acceptors (Lipinski definition) is 3. The summed E-state index contributed by atoms with van der Waals surface area (Å²) in [6.45, 7) is 3.81. The average Bonchev–Trinajstić information content (AvgIpc) is 2.41. The summed E-state index contributed by atoms with van der Waals surface area (Å²) in [7, 11) is 0. The highest BCUT2D eigenvalue weighted by molar-refractivity contribution is 5.40. The highest BCUT2D eigenvalue weighted by atomic mass is 16.6. The normalized spacial score (nSPS) is 26.6. The maximum absolute atomic E-state index is 5.98. The molecule has 0 saturated carbocycles. The highest BCUT2D eigenvalue weighted by Crippen LogP contribution is 2.32. The molecule has 0 aliphatic carbocycles. The van der Waals surface area contributed by atoms with Crippen LogP contribution in [0.2, 0.25) is 0 Å². The predicted octanol–water partition coefficient (Wildman–Crippen LogP) is 2.52. The largest absolute Gasteiger partial charge is 0.486 e. The summed E-state index contributed by atoms with van der Waals surface area (Å²) in [6, 6.07) is 8.39. The van der Waals surface area contributed by atoms with Gasteiger partial charge in [-0.2, -0.15) is 0 Å². The lowest BCUT2D eigenvalue weighted by Crippen LogP contribution is -2.40. The lowest BCUT2D eigenvalue weighted by Gasteiger charge is -2.30. The maximum atomic E-state index is 5.98. The Hall–Kier alpha value is -1.48. The van der Waals surface area contributed by atoms with Gasteiger partial charge in [-0.3, -0.25) is 0 Å². The van der Waals surface area contributed by atoms with Gasteiger partial charge in [0, 0.05) is 19.0 Å². The van der Waals surface area contributed by atoms with E-state index in [0.717, 1.165) is 30.9 Å². The molecule has 0 spiro atoms. The topological polar surface area (TPSA) is 30.5 Å². The van der Waals surface area contributed by atoms with E-state index in [2.05, 4.69) is 18.3 Å². The number of rotatable bonds is 2. The maximum Gasteiger partial charge on any atom is 0.161 e. The molecular formula is C15H19NO2. The van der Waals surface area contributed by atoms with E-state index in [1.165, 1.54) is 5.57 Å². The molecule has 0 amide bonds. The van der Waals surface area contributed by atoms with Crippen LogP contribution in [0.5, 0.6) is 11.5 Å². The third kappa shape index (κ3) is 2.51. The summed E-state index contributed by atoms with van der Waals surface area (Å²) in [4.78, 5) is 0. The minimum atomic E-state index is 0.157. The molecule has 0 saturated heterocycles. The van der Waals surface area contributed by atoms with Gasteiger partial charge in [-0.15, -0.1) is 0 Å². The minimum absolute atomic E-state index is 0.157. The molecule has 2 atom stereocenters. The van der Waals surface area contributed by atoms with Crippen LogP contribution < -0.4 is 14.8 Å². The van der Waals surface area contributed by atoms with Crippen molar-refractivity contribution in [1.29, 1.82) is 0 Å². The minimum Gasteiger partial charge on any atom is -0.486 e. The zero-order valence-electron chi connectivity index (χ0n) is 10.7. The Morgan fingerprint density at radius 1 is 1.28 bits per heavy atom. The summed E-state index contributed by atoms with van der Waals surface area (Å²) >= 11 is 0. The van der Waals surface area contributed by atoms with Crippen molar-refractivity contribution in [3.63, 3.8) is 0 Å². The molecule has 18 heavy (non-hydrogen) atoms. The van der Waals surface area contributed by atoms with Crippen molar-refractivity contribution >= 4 is 0 Å². The zero-order chi connectivity index (χ0) is 12.4. The summed E-state index contributed by atoms with van der Waals surface area (Å²) in [5.74, 6) is 1.73. The first-order valence-corrected chi connectivity index (χ1v) is 6.59. The van der Waals surface area contributed by atoms with Crippen LogP contribution >= 0.6 is 0 Å². The SMILES string of the molecule is CC1=CCC(CC2COc3ccccc3O2)NC1. The van der Waals surface area contributed by atoms with E-state index < -0.39 is 0 Å². The summed E-state index contributed by atoms with van der Waals surface area (Å²) in [6.07, 6.45) is 4.56. The van der Waals surface area contributed by atoms with E-state index in [4.69, 9.17) is 9.47 Å². The number of benzene rings is 1. The Morgan fingerprint density at radius 2 is 2.11 bits per heavy atom. The second-order valence-electron chi connectivity index (χ2n) is 5.10. The molecule has 2 aliphatic rings. The van der Waals surface area contributed by atoms with Crippen LogP contribution in [-0.4, -0.2) is 25.3 Å². The molecule has 96 valence electrons. The van der Waals surface area contributed by atoms with E-state index in [-0.39, 0.29) is 6.10 Å². The third-order valence-corrected chi connectivity index (χ3v) is 3.54. The molecule has 3 rings (SSSR count). The van der Waals surface area contributed by atoms with E-state index >= 15 is 0 Å². The quantitative estimate of drug-likeness (QED) is 0.812. The lowest BCUT2D eigenvalue weighted by atomic mass is 10.0. The van der Waals surface area contributed by atoms with Gasteiger partial charge < -0.3 is 14.8 Å². The Bertz CT molecular complexity index is 456. The van der Waals surface area contributed by atoms with Gasteiger partial charge in [0.2, 0.25) is 0 Å². The number of nitrogens with one attached hydrogen (secondary N) is 1. The zero-order valence-corrected chi connectivity index (χ0v) is 10.7. The number of fused-ring (bicyclic) bond motifs is 1. The van der Waals surface area contributed by atoms with Crippen molar-refractivity contribution in [3.8, 4) is 11.5 Å². The van der Waals surface area contributed by atoms with Gasteiger partial charge in [0.05, 0.1) is 0 Å². The van der Waals surface area contributed by atoms with Crippen LogP contribution in [0.4, 0.5) is 0 Å². The number of ether oxygens (including phenoxy) is 2. The van der Waals surface area contributed by atoms with Crippen molar-refractivity contribution in [2.24, 2.45) is 0 Å². The van der Waals surface area contributed by atoms with Gasteiger partial charge in [-0.1, -0.05) is 23.8 Å². The van der Waals surface area contributed by atoms with Crippen LogP contribution in [0, 0.1) is 0 Å². The van der Waals surface area contributed by atoms with Crippen molar-refractivity contribution < 1.29 is 9.47 Å². The molecule has 0 bridgehead atoms. The Kier molecular flexibility index (Phi) is 3.24. The molecule has 1 aromatic carbocycles. The van der Waals surface area contributed by atoms with Gasteiger partial charge in [0.25, 0.3) is 0 Å². The molecule has 2 heterocycles. The molecule has 3 nitrogen and oxygen atoms in total. The second kappa shape index (κ2) is 5.02. The molecule has 3 heteroatoms. The average molecular weight is 245 g/mol. The van der Waals surface area contributed by atoms with Crippen molar-refractivity contribution in [3.05, 3.63) is 35.9 Å². The predicted molar refractivity (Wildman–Crippen MR) is 71.1 cm³/mol. The van der Waals surface area contributed by atoms with Crippen molar-refractivity contribution in [1.82, 2.24) is 5.32 Å². The Balaban J connectivity index is 1.60. The van der Waals surface area contributed by atoms with E-state index in [1.54, 1.807) is 0 Å². The standard InChI is InChI=1S/C15H19NO2/c1-11-6-7-12(16-9-11)8-13-10-17-14-4-2-3-5-15(14)18-13/h2-6,12-13,16H,7-10H2,1H3. The summed E-state index contributed by atoms with van der Waals surface area (Å²) in [5.41, 5.74) is 1.43. The van der Waals surface area contributed by atoms with Crippen molar-refractivity contribution in [2.45, 2.75) is 31.9 Å². The summed E-state index contributed by atoms with van der Waals surface area (Å²) < 4.78 is 11.7. The van der Waals surface area contributed by atoms with Crippen LogP contribution in [0.25, 0.3) is 0 Å². The third-order valence-electron chi connectivity index (χ3n) is 3.54. The monoisotopic (exact) mass is 245 g/mol. The van der Waals surface area contributed by atoms with E-state index in [9.17, 15) is 0 Å². The molecule has 2 aliphatic heterocycles. The number of para-hydroxylation sites is 2. The van der Waals surface area contributed by atoms with Crippen LogP contribution in [-0.2, 0) is 0 Å². The Labute approximate surface area is 108 Å². The van der Waals surface area contributed by atoms with Gasteiger partial charge in [0.1, 0.15) is 12.7 Å². The second-order valence-corrected chi connectivity index (χ2v) is 5.10. The Morgan fingerprint density at radius 3 is 2.89 bits per heavy atom. The first-order chi connectivity index (χ1) is 8.81. The van der Waals surface area contributed by atoms with Crippen LogP contribution in [0.3, 0.4) is 0 Å². The number of hydrogen-bond donors (Lipinski definition) is 1. The molecule has 0 aromatic heterocycles. The van der Waals surface area contributed by atoms with E-state index in [0.29, 0.717) is 12.6 Å². The molecule has 1 N–H and O–H groups in total. The molecular weight excluding hydrogens is 226 g/mol. The molecule has 1 aromatic rings. The summed E-state index contributed by atoms with van der Waals surface area (Å²) in [5, 5.41) is 3.54. The van der Waals surface area contributed by atoms with E-state index in [1.807, 2.05) is 24.3 Å². The fourth-order valence-corrected chi connectivity index (χ4v) is 2.48. The van der Waals surface area contributed by atoms with Crippen LogP contribution in [0.1, 0.15) is 19.8 Å². The van der Waals surface area contributed by atoms with Gasteiger partial charge >= 0.3 is 0 Å². The fourth-order valence-electron chi connectivity index (χ4n) is 2.48. The first-order valence-electron chi connectivity index (χ1n) is 6.59. The van der Waals surface area contributed by atoms with Gasteiger partial charge in [-0.25, -0.2) is 0 Å². The van der Waals surface area contributed by atoms with Gasteiger partial charge in [-0.05, 0) is 25.5 Å². The van der Waals surface area contributed by atoms with Crippen LogP contribution in [0.15, 0.2) is 35.9 Å². The molecule has 2 unspecified atom stereocenters. The highest BCUT2D eigenvalue weighted by Gasteiger charge is 2.24. The molecule has 0 fully saturated rings. The first kappa shape index (κ1) is 11.6. The smallest absolute Gasteiger partial charge is 0.161 e. The lowest BCUT2D eigenvalue weighted by molar-refractivity contribution is 0.0767. The molecule has 0 radical (unpaired) electrons. The van der Waals surface area contributed by atoms with Crippen molar-refractivity contribution in [2.75, 3.05) is 13.2 Å². The fraction of sp³-hybridized carbons (Fsp3) is 0.467. The van der Waals surface area contributed by atoms with Gasteiger partial charge in [0.15, 0.2) is 11.5 Å².